The van der Waals surface area contributed by atoms with Gasteiger partial charge in [0.05, 0.1) is 33.7 Å². The van der Waals surface area contributed by atoms with Gasteiger partial charge in [0.2, 0.25) is 5.75 Å². The fourth-order valence-corrected chi connectivity index (χ4v) is 4.25. The van der Waals surface area contributed by atoms with Crippen LogP contribution in [0.3, 0.4) is 0 Å². The number of carbonyl (C=O) groups excluding carboxylic acids is 1. The Hall–Kier alpha value is -2.70. The summed E-state index contributed by atoms with van der Waals surface area (Å²) in [6.45, 7) is 2.58. The van der Waals surface area contributed by atoms with E-state index in [0.29, 0.717) is 34.5 Å². The zero-order chi connectivity index (χ0) is 21.3. The number of fused-ring (bicyclic) bond motifs is 1. The maximum Gasteiger partial charge on any atom is 0.260 e. The van der Waals surface area contributed by atoms with Gasteiger partial charge in [-0.3, -0.25) is 14.6 Å². The fourth-order valence-electron chi connectivity index (χ4n) is 4.08. The van der Waals surface area contributed by atoms with Crippen molar-refractivity contribution in [3.8, 4) is 17.2 Å². The van der Waals surface area contributed by atoms with Gasteiger partial charge in [-0.15, -0.1) is 0 Å². The number of carbonyl (C=O) groups is 1. The second-order valence-electron chi connectivity index (χ2n) is 7.38. The molecular formula is C23H25ClN2O4. The number of nitrogens with zero attached hydrogens (tertiary/aromatic N) is 2. The van der Waals surface area contributed by atoms with Crippen molar-refractivity contribution in [3.05, 3.63) is 46.5 Å². The lowest BCUT2D eigenvalue weighted by molar-refractivity contribution is -0.113. The van der Waals surface area contributed by atoms with Crippen LogP contribution in [-0.2, 0) is 4.79 Å². The number of ether oxygens (including phenoxy) is 3. The van der Waals surface area contributed by atoms with E-state index in [9.17, 15) is 4.79 Å². The smallest absolute Gasteiger partial charge is 0.260 e. The molecule has 2 aromatic carbocycles. The molecule has 0 radical (unpaired) electrons. The van der Waals surface area contributed by atoms with Gasteiger partial charge in [-0.05, 0) is 61.8 Å². The Morgan fingerprint density at radius 3 is 2.27 bits per heavy atom. The van der Waals surface area contributed by atoms with Gasteiger partial charge in [-0.2, -0.15) is 0 Å². The van der Waals surface area contributed by atoms with Crippen molar-refractivity contribution < 1.29 is 19.0 Å². The van der Waals surface area contributed by atoms with Crippen molar-refractivity contribution in [1.82, 2.24) is 4.90 Å². The Morgan fingerprint density at radius 1 is 1.00 bits per heavy atom. The molecule has 2 heterocycles. The molecule has 2 aliphatic rings. The molecule has 2 aliphatic heterocycles. The average Bonchev–Trinajstić information content (AvgIpc) is 3.35. The minimum Gasteiger partial charge on any atom is -0.493 e. The number of likely N-dealkylation sites (tertiary alicyclic amines) is 1. The van der Waals surface area contributed by atoms with Crippen molar-refractivity contribution in [2.75, 3.05) is 46.0 Å². The molecule has 6 nitrogen and oxygen atoms in total. The molecule has 0 aliphatic carbocycles. The van der Waals surface area contributed by atoms with Crippen LogP contribution < -0.4 is 19.1 Å². The standard InChI is InChI=1S/C23H25ClN2O4/c1-28-20-11-15(12-21(29-2)22(20)30-3)10-18-17-7-6-16(24)13-19(17)26(23(18)27)14-25-8-4-5-9-25/h6-7,10-13H,4-5,8-9,14H2,1-3H3. The summed E-state index contributed by atoms with van der Waals surface area (Å²) >= 11 is 6.26. The summed E-state index contributed by atoms with van der Waals surface area (Å²) in [5.74, 6) is 1.56. The first kappa shape index (κ1) is 20.6. The lowest BCUT2D eigenvalue weighted by Gasteiger charge is -2.24. The average molecular weight is 429 g/mol. The van der Waals surface area contributed by atoms with Gasteiger partial charge in [0.1, 0.15) is 0 Å². The van der Waals surface area contributed by atoms with Crippen LogP contribution in [0.25, 0.3) is 11.6 Å². The molecular weight excluding hydrogens is 404 g/mol. The summed E-state index contributed by atoms with van der Waals surface area (Å²) in [5.41, 5.74) is 3.13. The second-order valence-corrected chi connectivity index (χ2v) is 7.81. The highest BCUT2D eigenvalue weighted by Crippen LogP contribution is 2.42. The molecule has 4 rings (SSSR count). The van der Waals surface area contributed by atoms with Crippen molar-refractivity contribution in [2.24, 2.45) is 0 Å². The number of anilines is 1. The first-order valence-corrected chi connectivity index (χ1v) is 10.3. The molecule has 158 valence electrons. The van der Waals surface area contributed by atoms with Gasteiger partial charge in [0, 0.05) is 16.2 Å². The number of hydrogen-bond acceptors (Lipinski definition) is 5. The number of amides is 1. The first-order valence-electron chi connectivity index (χ1n) is 9.91. The lowest BCUT2D eigenvalue weighted by Crippen LogP contribution is -2.38. The topological polar surface area (TPSA) is 51.2 Å². The van der Waals surface area contributed by atoms with Crippen LogP contribution in [0.15, 0.2) is 30.3 Å². The van der Waals surface area contributed by atoms with Gasteiger partial charge in [-0.1, -0.05) is 17.7 Å². The van der Waals surface area contributed by atoms with Gasteiger partial charge < -0.3 is 14.2 Å². The number of rotatable bonds is 6. The van der Waals surface area contributed by atoms with Crippen molar-refractivity contribution in [3.63, 3.8) is 0 Å². The molecule has 1 amide bonds. The van der Waals surface area contributed by atoms with E-state index in [1.54, 1.807) is 21.3 Å². The van der Waals surface area contributed by atoms with E-state index in [-0.39, 0.29) is 5.91 Å². The predicted molar refractivity (Wildman–Crippen MR) is 119 cm³/mol. The number of hydrogen-bond donors (Lipinski definition) is 0. The molecule has 0 unspecified atom stereocenters. The number of halogens is 1. The summed E-state index contributed by atoms with van der Waals surface area (Å²) in [5, 5.41) is 0.613. The summed E-state index contributed by atoms with van der Waals surface area (Å²) < 4.78 is 16.3. The van der Waals surface area contributed by atoms with E-state index in [2.05, 4.69) is 4.90 Å². The maximum atomic E-state index is 13.4. The molecule has 0 aromatic heterocycles. The van der Waals surface area contributed by atoms with Crippen LogP contribution in [0.2, 0.25) is 5.02 Å². The zero-order valence-corrected chi connectivity index (χ0v) is 18.2. The molecule has 0 saturated carbocycles. The molecule has 1 fully saturated rings. The first-order chi connectivity index (χ1) is 14.5. The largest absolute Gasteiger partial charge is 0.493 e. The van der Waals surface area contributed by atoms with Gasteiger partial charge in [0.25, 0.3) is 5.91 Å². The normalized spacial score (nSPS) is 17.5. The van der Waals surface area contributed by atoms with E-state index in [1.807, 2.05) is 41.3 Å². The van der Waals surface area contributed by atoms with Crippen molar-refractivity contribution >= 4 is 34.8 Å². The van der Waals surface area contributed by atoms with E-state index in [4.69, 9.17) is 25.8 Å². The Labute approximate surface area is 181 Å². The molecule has 30 heavy (non-hydrogen) atoms. The van der Waals surface area contributed by atoms with E-state index in [0.717, 1.165) is 29.9 Å². The van der Waals surface area contributed by atoms with Gasteiger partial charge in [-0.25, -0.2) is 0 Å². The van der Waals surface area contributed by atoms with E-state index < -0.39 is 0 Å². The number of methoxy groups -OCH3 is 3. The van der Waals surface area contributed by atoms with Crippen LogP contribution in [0.4, 0.5) is 5.69 Å². The minimum atomic E-state index is -0.0343. The summed E-state index contributed by atoms with van der Waals surface area (Å²) in [4.78, 5) is 17.5. The van der Waals surface area contributed by atoms with Crippen LogP contribution in [0.5, 0.6) is 17.2 Å². The Morgan fingerprint density at radius 2 is 1.67 bits per heavy atom. The molecule has 0 bridgehead atoms. The quantitative estimate of drug-likeness (QED) is 0.642. The maximum absolute atomic E-state index is 13.4. The van der Waals surface area contributed by atoms with Gasteiger partial charge in [0.15, 0.2) is 11.5 Å². The molecule has 2 aromatic rings. The highest BCUT2D eigenvalue weighted by atomic mass is 35.5. The SMILES string of the molecule is COc1cc(C=C2C(=O)N(CN3CCCC3)c3cc(Cl)ccc32)cc(OC)c1OC. The third-order valence-corrected chi connectivity index (χ3v) is 5.79. The Kier molecular flexibility index (Phi) is 5.88. The van der Waals surface area contributed by atoms with Crippen LogP contribution in [0.1, 0.15) is 24.0 Å². The van der Waals surface area contributed by atoms with Crippen molar-refractivity contribution in [2.45, 2.75) is 12.8 Å². The monoisotopic (exact) mass is 428 g/mol. The van der Waals surface area contributed by atoms with Crippen LogP contribution >= 0.6 is 11.6 Å². The third-order valence-electron chi connectivity index (χ3n) is 5.55. The lowest BCUT2D eigenvalue weighted by atomic mass is 10.0. The molecule has 0 spiro atoms. The van der Waals surface area contributed by atoms with E-state index >= 15 is 0 Å². The molecule has 1 saturated heterocycles. The zero-order valence-electron chi connectivity index (χ0n) is 17.4. The highest BCUT2D eigenvalue weighted by molar-refractivity contribution is 6.37. The third kappa shape index (κ3) is 3.73. The van der Waals surface area contributed by atoms with Gasteiger partial charge >= 0.3 is 0 Å². The molecule has 0 atom stereocenters. The predicted octanol–water partition coefficient (Wildman–Crippen LogP) is 4.31. The summed E-state index contributed by atoms with van der Waals surface area (Å²) in [7, 11) is 4.71. The van der Waals surface area contributed by atoms with Crippen molar-refractivity contribution in [1.29, 1.82) is 0 Å². The molecule has 7 heteroatoms. The Balaban J connectivity index is 1.77. The molecule has 0 N–H and O–H groups in total. The Bertz CT molecular complexity index is 974. The van der Waals surface area contributed by atoms with Crippen LogP contribution in [-0.4, -0.2) is 51.9 Å². The van der Waals surface area contributed by atoms with E-state index in [1.165, 1.54) is 12.8 Å². The highest BCUT2D eigenvalue weighted by Gasteiger charge is 2.34. The van der Waals surface area contributed by atoms with Crippen LogP contribution in [0, 0.1) is 0 Å². The minimum absolute atomic E-state index is 0.0343. The fraction of sp³-hybridized carbons (Fsp3) is 0.348. The summed E-state index contributed by atoms with van der Waals surface area (Å²) in [6, 6.07) is 9.25. The summed E-state index contributed by atoms with van der Waals surface area (Å²) in [6.07, 6.45) is 4.20. The number of benzene rings is 2. The second kappa shape index (κ2) is 8.58.